The molecule has 1 aromatic carbocycles. The van der Waals surface area contributed by atoms with Gasteiger partial charge in [-0.25, -0.2) is 4.79 Å². The highest BCUT2D eigenvalue weighted by atomic mass is 16.5. The fourth-order valence-electron chi connectivity index (χ4n) is 3.23. The summed E-state index contributed by atoms with van der Waals surface area (Å²) in [6.07, 6.45) is 0.731. The van der Waals surface area contributed by atoms with E-state index in [1.54, 1.807) is 0 Å². The van der Waals surface area contributed by atoms with E-state index < -0.39 is 0 Å². The number of para-hydroxylation sites is 1. The second-order valence-corrected chi connectivity index (χ2v) is 5.86. The van der Waals surface area contributed by atoms with Crippen LogP contribution < -0.4 is 5.32 Å². The van der Waals surface area contributed by atoms with Gasteiger partial charge in [0.1, 0.15) is 6.04 Å². The summed E-state index contributed by atoms with van der Waals surface area (Å²) in [5.74, 6) is 0.320. The second kappa shape index (κ2) is 4.94. The molecule has 1 aliphatic heterocycles. The second-order valence-electron chi connectivity index (χ2n) is 5.86. The van der Waals surface area contributed by atoms with Crippen molar-refractivity contribution in [2.45, 2.75) is 32.4 Å². The lowest BCUT2D eigenvalue weighted by atomic mass is 9.89. The van der Waals surface area contributed by atoms with Gasteiger partial charge < -0.3 is 15.0 Å². The lowest BCUT2D eigenvalue weighted by Gasteiger charge is -2.28. The van der Waals surface area contributed by atoms with Crippen molar-refractivity contribution in [3.63, 3.8) is 0 Å². The van der Waals surface area contributed by atoms with Crippen molar-refractivity contribution >= 4 is 16.9 Å². The van der Waals surface area contributed by atoms with Gasteiger partial charge in [0.2, 0.25) is 0 Å². The number of hydrogen-bond acceptors (Lipinski definition) is 2. The van der Waals surface area contributed by atoms with E-state index in [2.05, 4.69) is 36.3 Å². The zero-order chi connectivity index (χ0) is 14.3. The fourth-order valence-corrected chi connectivity index (χ4v) is 3.23. The van der Waals surface area contributed by atoms with Crippen molar-refractivity contribution in [1.29, 1.82) is 0 Å². The summed E-state index contributed by atoms with van der Waals surface area (Å²) in [7, 11) is 1.46. The van der Waals surface area contributed by atoms with Crippen molar-refractivity contribution in [1.82, 2.24) is 4.98 Å². The quantitative estimate of drug-likeness (QED) is 0.815. The van der Waals surface area contributed by atoms with Gasteiger partial charge in [-0.3, -0.25) is 0 Å². The lowest BCUT2D eigenvalue weighted by molar-refractivity contribution is -0.727. The van der Waals surface area contributed by atoms with Crippen LogP contribution in [0.2, 0.25) is 0 Å². The minimum atomic E-state index is -0.140. The topological polar surface area (TPSA) is 58.7 Å². The molecular formula is C16H21N2O2+. The van der Waals surface area contributed by atoms with E-state index in [9.17, 15) is 4.79 Å². The predicted molar refractivity (Wildman–Crippen MR) is 77.3 cm³/mol. The van der Waals surface area contributed by atoms with Gasteiger partial charge in [0.15, 0.2) is 6.04 Å². The molecule has 1 aliphatic rings. The number of rotatable bonds is 2. The van der Waals surface area contributed by atoms with Gasteiger partial charge in [0.25, 0.3) is 0 Å². The molecule has 0 radical (unpaired) electrons. The third-order valence-corrected chi connectivity index (χ3v) is 4.27. The van der Waals surface area contributed by atoms with Crippen LogP contribution in [0, 0.1) is 5.92 Å². The number of fused-ring (bicyclic) bond motifs is 3. The van der Waals surface area contributed by atoms with Crippen LogP contribution in [-0.2, 0) is 16.0 Å². The molecule has 3 rings (SSSR count). The summed E-state index contributed by atoms with van der Waals surface area (Å²) in [6.45, 7) is 4.38. The van der Waals surface area contributed by atoms with Crippen LogP contribution in [0.4, 0.5) is 0 Å². The first-order chi connectivity index (χ1) is 9.61. The van der Waals surface area contributed by atoms with E-state index in [-0.39, 0.29) is 18.1 Å². The molecule has 2 aromatic rings. The number of carbonyl (C=O) groups excluding carboxylic acids is 1. The van der Waals surface area contributed by atoms with Crippen molar-refractivity contribution in [3.8, 4) is 0 Å². The third-order valence-electron chi connectivity index (χ3n) is 4.27. The number of quaternary nitrogens is 1. The summed E-state index contributed by atoms with van der Waals surface area (Å²) >= 11 is 0. The summed E-state index contributed by atoms with van der Waals surface area (Å²) < 4.78 is 4.94. The Bertz CT molecular complexity index is 645. The van der Waals surface area contributed by atoms with Crippen LogP contribution in [0.3, 0.4) is 0 Å². The number of aromatic nitrogens is 1. The van der Waals surface area contributed by atoms with Crippen LogP contribution in [0.5, 0.6) is 0 Å². The number of esters is 1. The van der Waals surface area contributed by atoms with E-state index in [0.29, 0.717) is 5.92 Å². The summed E-state index contributed by atoms with van der Waals surface area (Å²) in [5.41, 5.74) is 3.70. The minimum absolute atomic E-state index is 0.133. The molecule has 20 heavy (non-hydrogen) atoms. The molecule has 1 aromatic heterocycles. The van der Waals surface area contributed by atoms with Gasteiger partial charge in [-0.05, 0) is 11.6 Å². The molecule has 4 heteroatoms. The van der Waals surface area contributed by atoms with Gasteiger partial charge in [0.05, 0.1) is 12.8 Å². The number of nitrogens with one attached hydrogen (secondary N) is 1. The van der Waals surface area contributed by atoms with Crippen LogP contribution in [-0.4, -0.2) is 24.1 Å². The molecule has 0 unspecified atom stereocenters. The Labute approximate surface area is 118 Å². The van der Waals surface area contributed by atoms with Crippen molar-refractivity contribution < 1.29 is 14.8 Å². The SMILES string of the molecule is COC(=O)[C@@H]1Cc2c([nH]c3ccccc23)[C@@H](C(C)C)[NH2+]1. The molecule has 0 saturated heterocycles. The molecule has 4 nitrogen and oxygen atoms in total. The number of methoxy groups -OCH3 is 1. The maximum Gasteiger partial charge on any atom is 0.364 e. The van der Waals surface area contributed by atoms with Gasteiger partial charge in [-0.2, -0.15) is 0 Å². The molecule has 0 bridgehead atoms. The number of benzene rings is 1. The Morgan fingerprint density at radius 3 is 2.85 bits per heavy atom. The number of hydrogen-bond donors (Lipinski definition) is 2. The summed E-state index contributed by atoms with van der Waals surface area (Å²) in [5, 5.41) is 3.38. The molecular weight excluding hydrogens is 252 g/mol. The lowest BCUT2D eigenvalue weighted by Crippen LogP contribution is -2.95. The van der Waals surface area contributed by atoms with Gasteiger partial charge in [-0.1, -0.05) is 32.0 Å². The Morgan fingerprint density at radius 2 is 2.15 bits per heavy atom. The van der Waals surface area contributed by atoms with Crippen molar-refractivity contribution in [2.24, 2.45) is 5.92 Å². The van der Waals surface area contributed by atoms with Crippen LogP contribution in [0.1, 0.15) is 31.1 Å². The number of H-pyrrole nitrogens is 1. The largest absolute Gasteiger partial charge is 0.465 e. The third kappa shape index (κ3) is 2.00. The highest BCUT2D eigenvalue weighted by Crippen LogP contribution is 2.31. The maximum atomic E-state index is 11.9. The number of aromatic amines is 1. The van der Waals surface area contributed by atoms with E-state index in [1.807, 2.05) is 12.1 Å². The van der Waals surface area contributed by atoms with Gasteiger partial charge in [0, 0.05) is 23.2 Å². The predicted octanol–water partition coefficient (Wildman–Crippen LogP) is 1.53. The molecule has 0 saturated carbocycles. The van der Waals surface area contributed by atoms with Gasteiger partial charge >= 0.3 is 5.97 Å². The molecule has 0 spiro atoms. The smallest absolute Gasteiger partial charge is 0.364 e. The highest BCUT2D eigenvalue weighted by molar-refractivity contribution is 5.86. The normalized spacial score (nSPS) is 22.0. The first kappa shape index (κ1) is 13.2. The van der Waals surface area contributed by atoms with Crippen LogP contribution >= 0.6 is 0 Å². The van der Waals surface area contributed by atoms with E-state index in [4.69, 9.17) is 4.74 Å². The molecule has 0 fully saturated rings. The zero-order valence-corrected chi connectivity index (χ0v) is 12.1. The molecule has 2 atom stereocenters. The summed E-state index contributed by atoms with van der Waals surface area (Å²) in [6, 6.07) is 8.44. The van der Waals surface area contributed by atoms with Crippen molar-refractivity contribution in [3.05, 3.63) is 35.5 Å². The molecule has 0 aliphatic carbocycles. The highest BCUT2D eigenvalue weighted by Gasteiger charge is 2.38. The average molecular weight is 273 g/mol. The average Bonchev–Trinajstić information content (AvgIpc) is 2.83. The van der Waals surface area contributed by atoms with Crippen LogP contribution in [0.15, 0.2) is 24.3 Å². The van der Waals surface area contributed by atoms with E-state index in [1.165, 1.54) is 23.8 Å². The monoisotopic (exact) mass is 273 g/mol. The Hall–Kier alpha value is -1.81. The first-order valence-corrected chi connectivity index (χ1v) is 7.14. The maximum absolute atomic E-state index is 11.9. The molecule has 2 heterocycles. The fraction of sp³-hybridized carbons (Fsp3) is 0.438. The molecule has 3 N–H and O–H groups in total. The Kier molecular flexibility index (Phi) is 3.26. The number of carbonyl (C=O) groups is 1. The number of nitrogens with two attached hydrogens (primary N) is 1. The van der Waals surface area contributed by atoms with E-state index in [0.717, 1.165) is 11.9 Å². The van der Waals surface area contributed by atoms with Crippen LogP contribution in [0.25, 0.3) is 10.9 Å². The Balaban J connectivity index is 2.11. The Morgan fingerprint density at radius 1 is 1.40 bits per heavy atom. The first-order valence-electron chi connectivity index (χ1n) is 7.14. The van der Waals surface area contributed by atoms with Gasteiger partial charge in [-0.15, -0.1) is 0 Å². The van der Waals surface area contributed by atoms with Crippen molar-refractivity contribution in [2.75, 3.05) is 7.11 Å². The number of ether oxygens (including phenoxy) is 1. The zero-order valence-electron chi connectivity index (χ0n) is 12.1. The minimum Gasteiger partial charge on any atom is -0.465 e. The van der Waals surface area contributed by atoms with E-state index >= 15 is 0 Å². The molecule has 0 amide bonds. The summed E-state index contributed by atoms with van der Waals surface area (Å²) in [4.78, 5) is 15.5. The molecule has 106 valence electrons. The standard InChI is InChI=1S/C16H20N2O2/c1-9(2)14-15-11(8-13(18-14)16(19)20-3)10-6-4-5-7-12(10)17-15/h4-7,9,13-14,17-18H,8H2,1-3H3/p+1/t13-,14+/m0/s1.